The summed E-state index contributed by atoms with van der Waals surface area (Å²) in [6.45, 7) is 0.934. The van der Waals surface area contributed by atoms with Gasteiger partial charge in [0.2, 0.25) is 0 Å². The molecular formula is C18H24ClNO2. The maximum absolute atomic E-state index is 10.1. The fourth-order valence-corrected chi connectivity index (χ4v) is 3.00. The van der Waals surface area contributed by atoms with Gasteiger partial charge in [-0.25, -0.2) is 0 Å². The van der Waals surface area contributed by atoms with Crippen molar-refractivity contribution in [3.63, 3.8) is 0 Å². The molecule has 2 aromatic carbocycles. The van der Waals surface area contributed by atoms with E-state index in [0.717, 1.165) is 16.5 Å². The first-order valence-electron chi connectivity index (χ1n) is 7.85. The van der Waals surface area contributed by atoms with Gasteiger partial charge in [-0.15, -0.1) is 12.4 Å². The molecule has 4 heteroatoms. The molecule has 0 saturated heterocycles. The normalized spacial score (nSPS) is 16.4. The van der Waals surface area contributed by atoms with E-state index >= 15 is 0 Å². The third-order valence-corrected chi connectivity index (χ3v) is 4.18. The maximum Gasteiger partial charge on any atom is 0.127 e. The van der Waals surface area contributed by atoms with Gasteiger partial charge in [0.25, 0.3) is 0 Å². The summed E-state index contributed by atoms with van der Waals surface area (Å²) < 4.78 is 5.81. The van der Waals surface area contributed by atoms with Crippen LogP contribution in [0, 0.1) is 0 Å². The molecule has 1 unspecified atom stereocenters. The van der Waals surface area contributed by atoms with Crippen molar-refractivity contribution in [2.24, 2.45) is 0 Å². The molecule has 2 N–H and O–H groups in total. The first-order valence-corrected chi connectivity index (χ1v) is 7.85. The molecule has 22 heavy (non-hydrogen) atoms. The van der Waals surface area contributed by atoms with Gasteiger partial charge in [0.05, 0.1) is 0 Å². The second-order valence-corrected chi connectivity index (χ2v) is 5.83. The third-order valence-electron chi connectivity index (χ3n) is 4.18. The van der Waals surface area contributed by atoms with Crippen molar-refractivity contribution in [2.45, 2.75) is 37.8 Å². The molecule has 120 valence electrons. The molecule has 1 fully saturated rings. The van der Waals surface area contributed by atoms with E-state index in [-0.39, 0.29) is 12.4 Å². The fraction of sp³-hybridized carbons (Fsp3) is 0.444. The lowest BCUT2D eigenvalue weighted by molar-refractivity contribution is 0.104. The Labute approximate surface area is 138 Å². The van der Waals surface area contributed by atoms with Gasteiger partial charge in [-0.3, -0.25) is 0 Å². The fourth-order valence-electron chi connectivity index (χ4n) is 3.00. The molecule has 0 aliphatic heterocycles. The molecule has 2 aromatic rings. The van der Waals surface area contributed by atoms with Crippen LogP contribution in [0.25, 0.3) is 10.8 Å². The van der Waals surface area contributed by atoms with Crippen LogP contribution in [-0.2, 0) is 0 Å². The summed E-state index contributed by atoms with van der Waals surface area (Å²) in [5.41, 5.74) is 0. The lowest BCUT2D eigenvalue weighted by Crippen LogP contribution is -2.36. The lowest BCUT2D eigenvalue weighted by Gasteiger charge is -2.17. The van der Waals surface area contributed by atoms with Crippen molar-refractivity contribution in [3.05, 3.63) is 42.5 Å². The number of benzene rings is 2. The van der Waals surface area contributed by atoms with Gasteiger partial charge >= 0.3 is 0 Å². The van der Waals surface area contributed by atoms with E-state index in [1.165, 1.54) is 25.7 Å². The Bertz CT molecular complexity index is 579. The summed E-state index contributed by atoms with van der Waals surface area (Å²) in [5.74, 6) is 0.841. The first kappa shape index (κ1) is 17.1. The van der Waals surface area contributed by atoms with E-state index in [2.05, 4.69) is 17.4 Å². The molecule has 3 nitrogen and oxygen atoms in total. The number of aliphatic hydroxyl groups is 1. The average Bonchev–Trinajstić information content (AvgIpc) is 3.04. The predicted molar refractivity (Wildman–Crippen MR) is 93.0 cm³/mol. The SMILES string of the molecule is Cl.OC(CNC1CCCC1)COc1cccc2ccccc12. The molecule has 1 atom stereocenters. The molecule has 0 bridgehead atoms. The van der Waals surface area contributed by atoms with Crippen molar-refractivity contribution in [3.8, 4) is 5.75 Å². The highest BCUT2D eigenvalue weighted by atomic mass is 35.5. The highest BCUT2D eigenvalue weighted by molar-refractivity contribution is 5.88. The number of hydrogen-bond donors (Lipinski definition) is 2. The predicted octanol–water partition coefficient (Wildman–Crippen LogP) is 3.53. The zero-order valence-corrected chi connectivity index (χ0v) is 13.5. The van der Waals surface area contributed by atoms with Crippen LogP contribution in [0.4, 0.5) is 0 Å². The van der Waals surface area contributed by atoms with Gasteiger partial charge in [0, 0.05) is 18.0 Å². The van der Waals surface area contributed by atoms with Crippen molar-refractivity contribution >= 4 is 23.2 Å². The van der Waals surface area contributed by atoms with Crippen LogP contribution in [0.1, 0.15) is 25.7 Å². The van der Waals surface area contributed by atoms with Gasteiger partial charge in [0.15, 0.2) is 0 Å². The number of ether oxygens (including phenoxy) is 1. The second-order valence-electron chi connectivity index (χ2n) is 5.83. The van der Waals surface area contributed by atoms with Crippen molar-refractivity contribution in [1.82, 2.24) is 5.32 Å². The van der Waals surface area contributed by atoms with Gasteiger partial charge < -0.3 is 15.2 Å². The highest BCUT2D eigenvalue weighted by Gasteiger charge is 2.16. The van der Waals surface area contributed by atoms with Crippen LogP contribution < -0.4 is 10.1 Å². The molecule has 3 rings (SSSR count). The molecule has 0 heterocycles. The molecule has 1 aliphatic carbocycles. The Morgan fingerprint density at radius 1 is 1.09 bits per heavy atom. The zero-order chi connectivity index (χ0) is 14.5. The summed E-state index contributed by atoms with van der Waals surface area (Å²) in [6.07, 6.45) is 4.61. The van der Waals surface area contributed by atoms with E-state index < -0.39 is 6.10 Å². The maximum atomic E-state index is 10.1. The molecule has 0 amide bonds. The van der Waals surface area contributed by atoms with E-state index in [4.69, 9.17) is 4.74 Å². The van der Waals surface area contributed by atoms with Crippen molar-refractivity contribution < 1.29 is 9.84 Å². The first-order chi connectivity index (χ1) is 10.3. The monoisotopic (exact) mass is 321 g/mol. The standard InChI is InChI=1S/C18H23NO2.ClH/c20-16(12-19-15-8-2-3-9-15)13-21-18-11-5-7-14-6-1-4-10-17(14)18;/h1,4-7,10-11,15-16,19-20H,2-3,8-9,12-13H2;1H. The average molecular weight is 322 g/mol. The van der Waals surface area contributed by atoms with E-state index in [1.807, 2.05) is 30.3 Å². The van der Waals surface area contributed by atoms with Crippen LogP contribution >= 0.6 is 12.4 Å². The van der Waals surface area contributed by atoms with Gasteiger partial charge in [-0.05, 0) is 24.3 Å². The Hall–Kier alpha value is -1.29. The summed E-state index contributed by atoms with van der Waals surface area (Å²) in [7, 11) is 0. The van der Waals surface area contributed by atoms with Gasteiger partial charge in [-0.2, -0.15) is 0 Å². The van der Waals surface area contributed by atoms with Gasteiger partial charge in [0.1, 0.15) is 18.5 Å². The number of aliphatic hydroxyl groups excluding tert-OH is 1. The molecule has 1 aliphatic rings. The minimum absolute atomic E-state index is 0. The van der Waals surface area contributed by atoms with E-state index in [0.29, 0.717) is 19.2 Å². The summed E-state index contributed by atoms with van der Waals surface area (Å²) >= 11 is 0. The summed E-state index contributed by atoms with van der Waals surface area (Å²) in [5, 5.41) is 15.7. The van der Waals surface area contributed by atoms with E-state index in [1.54, 1.807) is 0 Å². The number of rotatable bonds is 6. The quantitative estimate of drug-likeness (QED) is 0.855. The topological polar surface area (TPSA) is 41.5 Å². The Morgan fingerprint density at radius 2 is 1.82 bits per heavy atom. The van der Waals surface area contributed by atoms with Crippen LogP contribution in [0.15, 0.2) is 42.5 Å². The van der Waals surface area contributed by atoms with Crippen LogP contribution in [0.5, 0.6) is 5.75 Å². The van der Waals surface area contributed by atoms with Crippen LogP contribution in [0.3, 0.4) is 0 Å². The number of halogens is 1. The third kappa shape index (κ3) is 4.35. The molecule has 0 aromatic heterocycles. The Balaban J connectivity index is 0.00000176. The number of fused-ring (bicyclic) bond motifs is 1. The second kappa shape index (κ2) is 8.37. The van der Waals surface area contributed by atoms with Gasteiger partial charge in [-0.1, -0.05) is 49.2 Å². The van der Waals surface area contributed by atoms with Crippen molar-refractivity contribution in [2.75, 3.05) is 13.2 Å². The molecule has 0 radical (unpaired) electrons. The van der Waals surface area contributed by atoms with Crippen LogP contribution in [0.2, 0.25) is 0 Å². The van der Waals surface area contributed by atoms with E-state index in [9.17, 15) is 5.11 Å². The number of nitrogens with one attached hydrogen (secondary N) is 1. The molecular weight excluding hydrogens is 298 g/mol. The minimum Gasteiger partial charge on any atom is -0.490 e. The van der Waals surface area contributed by atoms with Crippen LogP contribution in [-0.4, -0.2) is 30.4 Å². The largest absolute Gasteiger partial charge is 0.490 e. The highest BCUT2D eigenvalue weighted by Crippen LogP contribution is 2.25. The Morgan fingerprint density at radius 3 is 2.64 bits per heavy atom. The summed E-state index contributed by atoms with van der Waals surface area (Å²) in [4.78, 5) is 0. The zero-order valence-electron chi connectivity index (χ0n) is 12.7. The minimum atomic E-state index is -0.468. The number of hydrogen-bond acceptors (Lipinski definition) is 3. The Kier molecular flexibility index (Phi) is 6.49. The molecule has 1 saturated carbocycles. The van der Waals surface area contributed by atoms with Crippen molar-refractivity contribution in [1.29, 1.82) is 0 Å². The lowest BCUT2D eigenvalue weighted by atomic mass is 10.1. The smallest absolute Gasteiger partial charge is 0.127 e. The summed E-state index contributed by atoms with van der Waals surface area (Å²) in [6, 6.07) is 14.7. The molecule has 0 spiro atoms.